The molecule has 4 nitrogen and oxygen atoms in total. The van der Waals surface area contributed by atoms with Crippen LogP contribution in [0, 0.1) is 6.92 Å². The Hall–Kier alpha value is -3.07. The highest BCUT2D eigenvalue weighted by molar-refractivity contribution is 5.52. The van der Waals surface area contributed by atoms with Gasteiger partial charge in [0.05, 0.1) is 5.54 Å². The molecule has 0 atom stereocenters. The molecule has 0 radical (unpaired) electrons. The Morgan fingerprint density at radius 3 is 1.86 bits per heavy atom. The van der Waals surface area contributed by atoms with E-state index in [0.717, 1.165) is 25.9 Å². The van der Waals surface area contributed by atoms with Crippen LogP contribution in [0.25, 0.3) is 10.4 Å². The van der Waals surface area contributed by atoms with Crippen molar-refractivity contribution in [2.75, 3.05) is 13.1 Å². The summed E-state index contributed by atoms with van der Waals surface area (Å²) in [5.74, 6) is 0. The minimum atomic E-state index is -0.380. The van der Waals surface area contributed by atoms with E-state index in [1.807, 2.05) is 0 Å². The number of piperidine rings is 1. The molecule has 0 N–H and O–H groups in total. The van der Waals surface area contributed by atoms with Gasteiger partial charge in [-0.1, -0.05) is 90.0 Å². The molecule has 0 saturated carbocycles. The quantitative estimate of drug-likeness (QED) is 0.229. The van der Waals surface area contributed by atoms with Crippen molar-refractivity contribution in [3.63, 3.8) is 0 Å². The number of benzene rings is 3. The molecule has 0 aliphatic carbocycles. The monoisotopic (exact) mass is 382 g/mol. The van der Waals surface area contributed by atoms with Crippen LogP contribution in [0.5, 0.6) is 0 Å². The van der Waals surface area contributed by atoms with Gasteiger partial charge in [0.2, 0.25) is 0 Å². The molecule has 146 valence electrons. The van der Waals surface area contributed by atoms with Gasteiger partial charge in [-0.15, -0.1) is 0 Å². The van der Waals surface area contributed by atoms with Crippen LogP contribution < -0.4 is 0 Å². The van der Waals surface area contributed by atoms with E-state index in [1.165, 1.54) is 22.3 Å². The molecule has 4 heteroatoms. The highest BCUT2D eigenvalue weighted by Gasteiger charge is 2.43. The summed E-state index contributed by atoms with van der Waals surface area (Å²) >= 11 is 0. The first-order chi connectivity index (χ1) is 14.3. The van der Waals surface area contributed by atoms with Crippen molar-refractivity contribution < 1.29 is 0 Å². The Labute approximate surface area is 172 Å². The van der Waals surface area contributed by atoms with Crippen LogP contribution in [0.1, 0.15) is 35.1 Å². The minimum absolute atomic E-state index is 0.0809. The maximum atomic E-state index is 8.86. The van der Waals surface area contributed by atoms with Crippen molar-refractivity contribution in [3.8, 4) is 0 Å². The number of nitrogens with zero attached hydrogens (tertiary/aromatic N) is 4. The van der Waals surface area contributed by atoms with Gasteiger partial charge in [-0.3, -0.25) is 4.90 Å². The molecule has 1 saturated heterocycles. The van der Waals surface area contributed by atoms with E-state index in [0.29, 0.717) is 0 Å². The SMILES string of the molecule is Cc1ccccc1C(c1ccccc1)(c1ccccc1)N1CCC(N=[N+]=[N-])CC1. The second-order valence-corrected chi connectivity index (χ2v) is 7.68. The third kappa shape index (κ3) is 3.53. The van der Waals surface area contributed by atoms with Crippen molar-refractivity contribution in [2.24, 2.45) is 5.11 Å². The number of hydrogen-bond donors (Lipinski definition) is 0. The molecule has 0 aromatic heterocycles. The van der Waals surface area contributed by atoms with E-state index in [9.17, 15) is 0 Å². The molecular weight excluding hydrogens is 356 g/mol. The van der Waals surface area contributed by atoms with Crippen LogP contribution >= 0.6 is 0 Å². The zero-order valence-electron chi connectivity index (χ0n) is 16.8. The number of aryl methyl sites for hydroxylation is 1. The lowest BCUT2D eigenvalue weighted by molar-refractivity contribution is 0.119. The zero-order chi connectivity index (χ0) is 20.1. The van der Waals surface area contributed by atoms with E-state index >= 15 is 0 Å². The van der Waals surface area contributed by atoms with Gasteiger partial charge in [0.1, 0.15) is 0 Å². The maximum Gasteiger partial charge on any atom is 0.0975 e. The fraction of sp³-hybridized carbons (Fsp3) is 0.280. The molecule has 1 heterocycles. The third-order valence-corrected chi connectivity index (χ3v) is 6.07. The van der Waals surface area contributed by atoms with Gasteiger partial charge in [-0.05, 0) is 47.6 Å². The van der Waals surface area contributed by atoms with Gasteiger partial charge in [0.15, 0.2) is 0 Å². The van der Waals surface area contributed by atoms with Crippen LogP contribution in [0.3, 0.4) is 0 Å². The Morgan fingerprint density at radius 1 is 0.828 bits per heavy atom. The van der Waals surface area contributed by atoms with Crippen molar-refractivity contribution in [1.29, 1.82) is 0 Å². The number of azide groups is 1. The van der Waals surface area contributed by atoms with Crippen LogP contribution in [0.2, 0.25) is 0 Å². The lowest BCUT2D eigenvalue weighted by atomic mass is 9.73. The Kier molecular flexibility index (Phi) is 5.66. The van der Waals surface area contributed by atoms with E-state index in [2.05, 4.69) is 107 Å². The highest BCUT2D eigenvalue weighted by atomic mass is 15.2. The summed E-state index contributed by atoms with van der Waals surface area (Å²) in [6.07, 6.45) is 1.74. The Bertz CT molecular complexity index is 946. The van der Waals surface area contributed by atoms with E-state index in [1.54, 1.807) is 0 Å². The van der Waals surface area contributed by atoms with Gasteiger partial charge < -0.3 is 0 Å². The standard InChI is InChI=1S/C25H26N4/c1-20-10-8-9-15-24(20)25(21-11-4-2-5-12-21,22-13-6-3-7-14-22)29-18-16-23(17-19-29)27-28-26/h2-15,23H,16-19H2,1H3. The normalized spacial score (nSPS) is 15.6. The van der Waals surface area contributed by atoms with Gasteiger partial charge in [0.25, 0.3) is 0 Å². The van der Waals surface area contributed by atoms with Crippen molar-refractivity contribution in [3.05, 3.63) is 118 Å². The predicted molar refractivity (Wildman–Crippen MR) is 118 cm³/mol. The topological polar surface area (TPSA) is 52.0 Å². The number of likely N-dealkylation sites (tertiary alicyclic amines) is 1. The van der Waals surface area contributed by atoms with Gasteiger partial charge in [0, 0.05) is 24.0 Å². The summed E-state index contributed by atoms with van der Waals surface area (Å²) in [5, 5.41) is 3.99. The Morgan fingerprint density at radius 2 is 1.34 bits per heavy atom. The Balaban J connectivity index is 1.95. The fourth-order valence-corrected chi connectivity index (χ4v) is 4.74. The van der Waals surface area contributed by atoms with Crippen LogP contribution in [0.4, 0.5) is 0 Å². The third-order valence-electron chi connectivity index (χ3n) is 6.07. The molecule has 0 spiro atoms. The summed E-state index contributed by atoms with van der Waals surface area (Å²) in [6.45, 7) is 3.95. The lowest BCUT2D eigenvalue weighted by Crippen LogP contribution is -2.52. The summed E-state index contributed by atoms with van der Waals surface area (Å²) < 4.78 is 0. The molecule has 4 rings (SSSR count). The van der Waals surface area contributed by atoms with Crippen LogP contribution in [0.15, 0.2) is 90.0 Å². The fourth-order valence-electron chi connectivity index (χ4n) is 4.74. The second-order valence-electron chi connectivity index (χ2n) is 7.68. The largest absolute Gasteiger partial charge is 0.286 e. The molecule has 3 aromatic rings. The molecule has 0 amide bonds. The molecule has 1 aliphatic rings. The van der Waals surface area contributed by atoms with E-state index in [4.69, 9.17) is 5.53 Å². The van der Waals surface area contributed by atoms with Gasteiger partial charge in [-0.2, -0.15) is 0 Å². The first-order valence-electron chi connectivity index (χ1n) is 10.2. The smallest absolute Gasteiger partial charge is 0.0975 e. The molecule has 1 aliphatic heterocycles. The zero-order valence-corrected chi connectivity index (χ0v) is 16.8. The van der Waals surface area contributed by atoms with E-state index in [-0.39, 0.29) is 11.6 Å². The molecule has 0 unspecified atom stereocenters. The predicted octanol–water partition coefficient (Wildman–Crippen LogP) is 6.06. The van der Waals surface area contributed by atoms with Gasteiger partial charge >= 0.3 is 0 Å². The van der Waals surface area contributed by atoms with Crippen molar-refractivity contribution in [2.45, 2.75) is 31.3 Å². The maximum absolute atomic E-state index is 8.86. The van der Waals surface area contributed by atoms with Crippen LogP contribution in [-0.2, 0) is 5.54 Å². The second kappa shape index (κ2) is 8.52. The number of rotatable bonds is 5. The average Bonchev–Trinajstić information content (AvgIpc) is 2.78. The summed E-state index contributed by atoms with van der Waals surface area (Å²) in [4.78, 5) is 5.61. The number of hydrogen-bond acceptors (Lipinski definition) is 2. The molecule has 29 heavy (non-hydrogen) atoms. The highest BCUT2D eigenvalue weighted by Crippen LogP contribution is 2.44. The first kappa shape index (κ1) is 19.3. The van der Waals surface area contributed by atoms with Crippen LogP contribution in [-0.4, -0.2) is 24.0 Å². The molecule has 0 bridgehead atoms. The molecule has 1 fully saturated rings. The lowest BCUT2D eigenvalue weighted by Gasteiger charge is -2.48. The van der Waals surface area contributed by atoms with Crippen molar-refractivity contribution >= 4 is 0 Å². The van der Waals surface area contributed by atoms with Crippen molar-refractivity contribution in [1.82, 2.24) is 4.90 Å². The summed E-state index contributed by atoms with van der Waals surface area (Å²) in [5.41, 5.74) is 13.6. The first-order valence-corrected chi connectivity index (χ1v) is 10.2. The summed E-state index contributed by atoms with van der Waals surface area (Å²) in [7, 11) is 0. The van der Waals surface area contributed by atoms with E-state index < -0.39 is 0 Å². The molecular formula is C25H26N4. The van der Waals surface area contributed by atoms with Gasteiger partial charge in [-0.25, -0.2) is 0 Å². The molecule has 3 aromatic carbocycles. The summed E-state index contributed by atoms with van der Waals surface area (Å²) in [6, 6.07) is 30.4. The minimum Gasteiger partial charge on any atom is -0.286 e. The average molecular weight is 383 g/mol.